The SMILES string of the molecule is CN(CC=CC#N)C1CCCCC1. The molecule has 0 aromatic rings. The topological polar surface area (TPSA) is 27.0 Å². The highest BCUT2D eigenvalue weighted by Crippen LogP contribution is 2.21. The maximum Gasteiger partial charge on any atom is 0.0909 e. The molecule has 1 rings (SSSR count). The summed E-state index contributed by atoms with van der Waals surface area (Å²) in [7, 11) is 2.15. The monoisotopic (exact) mass is 178 g/mol. The van der Waals surface area contributed by atoms with Crippen molar-refractivity contribution in [1.82, 2.24) is 4.90 Å². The second kappa shape index (κ2) is 5.77. The smallest absolute Gasteiger partial charge is 0.0909 e. The average Bonchev–Trinajstić information content (AvgIpc) is 2.19. The van der Waals surface area contributed by atoms with E-state index in [4.69, 9.17) is 5.26 Å². The second-order valence-electron chi connectivity index (χ2n) is 3.76. The van der Waals surface area contributed by atoms with Gasteiger partial charge in [0.05, 0.1) is 6.07 Å². The van der Waals surface area contributed by atoms with Crippen LogP contribution in [0, 0.1) is 11.3 Å². The normalized spacial score (nSPS) is 19.5. The van der Waals surface area contributed by atoms with Crippen LogP contribution in [0.4, 0.5) is 0 Å². The first-order valence-electron chi connectivity index (χ1n) is 5.09. The van der Waals surface area contributed by atoms with E-state index in [1.54, 1.807) is 6.08 Å². The number of hydrogen-bond donors (Lipinski definition) is 0. The van der Waals surface area contributed by atoms with Gasteiger partial charge >= 0.3 is 0 Å². The molecule has 0 aliphatic heterocycles. The number of likely N-dealkylation sites (N-methyl/N-ethyl adjacent to an activating group) is 1. The highest BCUT2D eigenvalue weighted by atomic mass is 15.1. The third-order valence-corrected chi connectivity index (χ3v) is 2.78. The van der Waals surface area contributed by atoms with Crippen molar-refractivity contribution in [3.8, 4) is 6.07 Å². The Morgan fingerprint density at radius 1 is 1.38 bits per heavy atom. The number of hydrogen-bond acceptors (Lipinski definition) is 2. The van der Waals surface area contributed by atoms with Crippen molar-refractivity contribution in [2.75, 3.05) is 13.6 Å². The van der Waals surface area contributed by atoms with Gasteiger partial charge in [-0.2, -0.15) is 5.26 Å². The van der Waals surface area contributed by atoms with Crippen LogP contribution in [0.25, 0.3) is 0 Å². The van der Waals surface area contributed by atoms with Crippen LogP contribution < -0.4 is 0 Å². The highest BCUT2D eigenvalue weighted by molar-refractivity contribution is 5.02. The largest absolute Gasteiger partial charge is 0.300 e. The number of allylic oxidation sites excluding steroid dienone is 1. The van der Waals surface area contributed by atoms with Gasteiger partial charge in [0, 0.05) is 18.7 Å². The van der Waals surface area contributed by atoms with Crippen molar-refractivity contribution in [2.24, 2.45) is 0 Å². The Balaban J connectivity index is 2.25. The lowest BCUT2D eigenvalue weighted by Gasteiger charge is -2.30. The first-order valence-corrected chi connectivity index (χ1v) is 5.09. The Bertz CT molecular complexity index is 197. The molecule has 2 nitrogen and oxygen atoms in total. The summed E-state index contributed by atoms with van der Waals surface area (Å²) in [6, 6.07) is 2.77. The molecule has 0 spiro atoms. The molecule has 0 saturated heterocycles. The van der Waals surface area contributed by atoms with Crippen LogP contribution in [0.3, 0.4) is 0 Å². The van der Waals surface area contributed by atoms with E-state index in [1.165, 1.54) is 32.1 Å². The van der Waals surface area contributed by atoms with Crippen LogP contribution in [-0.2, 0) is 0 Å². The van der Waals surface area contributed by atoms with E-state index in [1.807, 2.05) is 12.1 Å². The third kappa shape index (κ3) is 3.61. The minimum Gasteiger partial charge on any atom is -0.300 e. The molecular weight excluding hydrogens is 160 g/mol. The number of nitriles is 1. The molecule has 0 atom stereocenters. The maximum absolute atomic E-state index is 8.33. The van der Waals surface area contributed by atoms with Crippen molar-refractivity contribution >= 4 is 0 Å². The van der Waals surface area contributed by atoms with E-state index in [-0.39, 0.29) is 0 Å². The summed E-state index contributed by atoms with van der Waals surface area (Å²) < 4.78 is 0. The van der Waals surface area contributed by atoms with Gasteiger partial charge in [0.15, 0.2) is 0 Å². The lowest BCUT2D eigenvalue weighted by atomic mass is 9.94. The molecule has 0 radical (unpaired) electrons. The molecule has 2 heteroatoms. The average molecular weight is 178 g/mol. The molecule has 0 aromatic heterocycles. The van der Waals surface area contributed by atoms with Gasteiger partial charge in [-0.15, -0.1) is 0 Å². The summed E-state index contributed by atoms with van der Waals surface area (Å²) in [4.78, 5) is 2.35. The van der Waals surface area contributed by atoms with Crippen LogP contribution in [0.2, 0.25) is 0 Å². The van der Waals surface area contributed by atoms with Crippen molar-refractivity contribution in [2.45, 2.75) is 38.1 Å². The summed E-state index contributed by atoms with van der Waals surface area (Å²) in [5, 5.41) is 8.33. The van der Waals surface area contributed by atoms with Crippen LogP contribution in [0.15, 0.2) is 12.2 Å². The zero-order chi connectivity index (χ0) is 9.52. The molecule has 13 heavy (non-hydrogen) atoms. The summed E-state index contributed by atoms with van der Waals surface area (Å²) in [6.07, 6.45) is 10.3. The molecule has 72 valence electrons. The Morgan fingerprint density at radius 2 is 2.08 bits per heavy atom. The van der Waals surface area contributed by atoms with Gasteiger partial charge in [-0.05, 0) is 19.9 Å². The molecule has 0 heterocycles. The van der Waals surface area contributed by atoms with Gasteiger partial charge in [-0.25, -0.2) is 0 Å². The Labute approximate surface area is 80.8 Å². The summed E-state index contributed by atoms with van der Waals surface area (Å²) in [5.41, 5.74) is 0. The second-order valence-corrected chi connectivity index (χ2v) is 3.76. The summed E-state index contributed by atoms with van der Waals surface area (Å²) >= 11 is 0. The molecule has 0 bridgehead atoms. The van der Waals surface area contributed by atoms with Crippen molar-refractivity contribution in [3.63, 3.8) is 0 Å². The van der Waals surface area contributed by atoms with E-state index in [2.05, 4.69) is 11.9 Å². The lowest BCUT2D eigenvalue weighted by molar-refractivity contribution is 0.209. The fraction of sp³-hybridized carbons (Fsp3) is 0.727. The fourth-order valence-corrected chi connectivity index (χ4v) is 1.94. The van der Waals surface area contributed by atoms with Crippen molar-refractivity contribution < 1.29 is 0 Å². The molecule has 1 saturated carbocycles. The first kappa shape index (κ1) is 10.3. The van der Waals surface area contributed by atoms with Crippen LogP contribution in [0.5, 0.6) is 0 Å². The van der Waals surface area contributed by atoms with Gasteiger partial charge in [0.1, 0.15) is 0 Å². The summed E-state index contributed by atoms with van der Waals surface area (Å²) in [5.74, 6) is 0. The van der Waals surface area contributed by atoms with Crippen molar-refractivity contribution in [1.29, 1.82) is 5.26 Å². The number of rotatable bonds is 3. The quantitative estimate of drug-likeness (QED) is 0.620. The van der Waals surface area contributed by atoms with Crippen molar-refractivity contribution in [3.05, 3.63) is 12.2 Å². The van der Waals surface area contributed by atoms with Crippen LogP contribution in [0.1, 0.15) is 32.1 Å². The Morgan fingerprint density at radius 3 is 2.69 bits per heavy atom. The fourth-order valence-electron chi connectivity index (χ4n) is 1.94. The van der Waals surface area contributed by atoms with E-state index < -0.39 is 0 Å². The Hall–Kier alpha value is -0.810. The molecule has 0 amide bonds. The minimum absolute atomic E-state index is 0.747. The lowest BCUT2D eigenvalue weighted by Crippen LogP contribution is -2.33. The standard InChI is InChI=1S/C11H18N2/c1-13(10-6-5-9-12)11-7-3-2-4-8-11/h5-6,11H,2-4,7-8,10H2,1H3. The predicted octanol–water partition coefficient (Wildman–Crippen LogP) is 2.33. The first-order chi connectivity index (χ1) is 6.34. The molecule has 0 N–H and O–H groups in total. The van der Waals surface area contributed by atoms with Gasteiger partial charge in [0.25, 0.3) is 0 Å². The van der Waals surface area contributed by atoms with Crippen LogP contribution in [-0.4, -0.2) is 24.5 Å². The highest BCUT2D eigenvalue weighted by Gasteiger charge is 2.16. The zero-order valence-electron chi connectivity index (χ0n) is 8.37. The van der Waals surface area contributed by atoms with Gasteiger partial charge in [-0.1, -0.05) is 25.3 Å². The molecule has 0 unspecified atom stereocenters. The molecule has 1 aliphatic rings. The summed E-state index contributed by atoms with van der Waals surface area (Å²) in [6.45, 7) is 0.915. The van der Waals surface area contributed by atoms with Gasteiger partial charge in [-0.3, -0.25) is 4.90 Å². The third-order valence-electron chi connectivity index (χ3n) is 2.78. The molecule has 1 aliphatic carbocycles. The van der Waals surface area contributed by atoms with Crippen LogP contribution >= 0.6 is 0 Å². The maximum atomic E-state index is 8.33. The minimum atomic E-state index is 0.747. The van der Waals surface area contributed by atoms with E-state index in [9.17, 15) is 0 Å². The van der Waals surface area contributed by atoms with Gasteiger partial charge < -0.3 is 0 Å². The molecule has 1 fully saturated rings. The van der Waals surface area contributed by atoms with E-state index >= 15 is 0 Å². The predicted molar refractivity (Wildman–Crippen MR) is 54.3 cm³/mol. The zero-order valence-corrected chi connectivity index (χ0v) is 8.37. The Kier molecular flexibility index (Phi) is 4.56. The molecule has 0 aromatic carbocycles. The number of nitrogens with zero attached hydrogens (tertiary/aromatic N) is 2. The molecular formula is C11H18N2. The van der Waals surface area contributed by atoms with E-state index in [0.29, 0.717) is 0 Å². The van der Waals surface area contributed by atoms with E-state index in [0.717, 1.165) is 12.6 Å². The van der Waals surface area contributed by atoms with Gasteiger partial charge in [0.2, 0.25) is 0 Å².